The van der Waals surface area contributed by atoms with Crippen LogP contribution >= 0.6 is 0 Å². The third kappa shape index (κ3) is 3.36. The first-order chi connectivity index (χ1) is 7.00. The monoisotopic (exact) mass is 206 g/mol. The third-order valence-corrected chi connectivity index (χ3v) is 2.33. The van der Waals surface area contributed by atoms with Crippen molar-refractivity contribution < 1.29 is 4.79 Å². The van der Waals surface area contributed by atoms with Gasteiger partial charge in [0.2, 0.25) is 5.91 Å². The molecular formula is C12H18N2O. The molecule has 0 aliphatic heterocycles. The van der Waals surface area contributed by atoms with Crippen LogP contribution in [0.15, 0.2) is 18.2 Å². The Labute approximate surface area is 90.7 Å². The SMILES string of the molecule is Cc1cc(C(N)=O)ccc1CNC(C)C. The van der Waals surface area contributed by atoms with Crippen LogP contribution in [-0.2, 0) is 6.54 Å². The molecule has 1 rings (SSSR count). The molecular weight excluding hydrogens is 188 g/mol. The van der Waals surface area contributed by atoms with Gasteiger partial charge >= 0.3 is 0 Å². The number of primary amides is 1. The highest BCUT2D eigenvalue weighted by Gasteiger charge is 2.04. The number of carbonyl (C=O) groups excluding carboxylic acids is 1. The Kier molecular flexibility index (Phi) is 3.86. The standard InChI is InChI=1S/C12H18N2O/c1-8(2)14-7-11-5-4-10(12(13)15)6-9(11)3/h4-6,8,14H,7H2,1-3H3,(H2,13,15). The van der Waals surface area contributed by atoms with E-state index in [2.05, 4.69) is 19.2 Å². The van der Waals surface area contributed by atoms with Gasteiger partial charge in [-0.2, -0.15) is 0 Å². The van der Waals surface area contributed by atoms with Gasteiger partial charge in [0.05, 0.1) is 0 Å². The van der Waals surface area contributed by atoms with Gasteiger partial charge in [0, 0.05) is 18.2 Å². The van der Waals surface area contributed by atoms with Crippen LogP contribution in [-0.4, -0.2) is 11.9 Å². The zero-order valence-corrected chi connectivity index (χ0v) is 9.50. The first-order valence-electron chi connectivity index (χ1n) is 5.13. The molecule has 0 aliphatic rings. The zero-order valence-electron chi connectivity index (χ0n) is 9.50. The minimum Gasteiger partial charge on any atom is -0.366 e. The lowest BCUT2D eigenvalue weighted by molar-refractivity contribution is 0.1000. The highest BCUT2D eigenvalue weighted by Crippen LogP contribution is 2.10. The Morgan fingerprint density at radius 1 is 1.47 bits per heavy atom. The summed E-state index contributed by atoms with van der Waals surface area (Å²) in [7, 11) is 0. The minimum atomic E-state index is -0.374. The number of aryl methyl sites for hydroxylation is 1. The second-order valence-electron chi connectivity index (χ2n) is 4.04. The first kappa shape index (κ1) is 11.7. The Bertz CT molecular complexity index is 359. The van der Waals surface area contributed by atoms with Crippen molar-refractivity contribution >= 4 is 5.91 Å². The van der Waals surface area contributed by atoms with Crippen LogP contribution in [0, 0.1) is 6.92 Å². The molecule has 0 saturated heterocycles. The fourth-order valence-electron chi connectivity index (χ4n) is 1.36. The molecule has 0 atom stereocenters. The molecule has 15 heavy (non-hydrogen) atoms. The molecule has 3 nitrogen and oxygen atoms in total. The number of rotatable bonds is 4. The van der Waals surface area contributed by atoms with E-state index in [0.29, 0.717) is 11.6 Å². The Morgan fingerprint density at radius 3 is 2.60 bits per heavy atom. The van der Waals surface area contributed by atoms with Crippen molar-refractivity contribution in [1.29, 1.82) is 0 Å². The van der Waals surface area contributed by atoms with Crippen LogP contribution in [0.5, 0.6) is 0 Å². The van der Waals surface area contributed by atoms with Crippen molar-refractivity contribution in [2.45, 2.75) is 33.4 Å². The van der Waals surface area contributed by atoms with Gasteiger partial charge < -0.3 is 11.1 Å². The van der Waals surface area contributed by atoms with E-state index in [1.807, 2.05) is 19.1 Å². The molecule has 1 aromatic carbocycles. The predicted molar refractivity (Wildman–Crippen MR) is 61.7 cm³/mol. The maximum absolute atomic E-state index is 10.9. The highest BCUT2D eigenvalue weighted by molar-refractivity contribution is 5.93. The fourth-order valence-corrected chi connectivity index (χ4v) is 1.36. The average molecular weight is 206 g/mol. The van der Waals surface area contributed by atoms with Crippen LogP contribution in [0.3, 0.4) is 0 Å². The third-order valence-electron chi connectivity index (χ3n) is 2.33. The molecule has 0 aliphatic carbocycles. The van der Waals surface area contributed by atoms with E-state index in [4.69, 9.17) is 5.73 Å². The summed E-state index contributed by atoms with van der Waals surface area (Å²) < 4.78 is 0. The van der Waals surface area contributed by atoms with Crippen LogP contribution in [0.25, 0.3) is 0 Å². The summed E-state index contributed by atoms with van der Waals surface area (Å²) in [4.78, 5) is 10.9. The number of nitrogens with two attached hydrogens (primary N) is 1. The summed E-state index contributed by atoms with van der Waals surface area (Å²) in [6.45, 7) is 7.02. The molecule has 1 aromatic rings. The molecule has 0 spiro atoms. The zero-order chi connectivity index (χ0) is 11.4. The van der Waals surface area contributed by atoms with Crippen LogP contribution in [0.1, 0.15) is 35.3 Å². The molecule has 0 fully saturated rings. The predicted octanol–water partition coefficient (Wildman–Crippen LogP) is 1.59. The first-order valence-corrected chi connectivity index (χ1v) is 5.13. The topological polar surface area (TPSA) is 55.1 Å². The van der Waals surface area contributed by atoms with Gasteiger partial charge in [-0.3, -0.25) is 4.79 Å². The summed E-state index contributed by atoms with van der Waals surface area (Å²) >= 11 is 0. The van der Waals surface area contributed by atoms with Crippen LogP contribution in [0.4, 0.5) is 0 Å². The molecule has 82 valence electrons. The average Bonchev–Trinajstić information content (AvgIpc) is 2.15. The highest BCUT2D eigenvalue weighted by atomic mass is 16.1. The van der Waals surface area contributed by atoms with Crippen LogP contribution < -0.4 is 11.1 Å². The maximum atomic E-state index is 10.9. The Balaban J connectivity index is 2.79. The van der Waals surface area contributed by atoms with E-state index in [9.17, 15) is 4.79 Å². The lowest BCUT2D eigenvalue weighted by Crippen LogP contribution is -2.22. The van der Waals surface area contributed by atoms with Gasteiger partial charge in [0.25, 0.3) is 0 Å². The van der Waals surface area contributed by atoms with Gasteiger partial charge in [-0.25, -0.2) is 0 Å². The van der Waals surface area contributed by atoms with E-state index in [1.165, 1.54) is 5.56 Å². The van der Waals surface area contributed by atoms with E-state index in [1.54, 1.807) is 6.07 Å². The van der Waals surface area contributed by atoms with Gasteiger partial charge in [0.1, 0.15) is 0 Å². The summed E-state index contributed by atoms with van der Waals surface area (Å²) in [6.07, 6.45) is 0. The molecule has 0 aromatic heterocycles. The summed E-state index contributed by atoms with van der Waals surface area (Å²) in [5.74, 6) is -0.374. The minimum absolute atomic E-state index is 0.374. The van der Waals surface area contributed by atoms with E-state index < -0.39 is 0 Å². The van der Waals surface area contributed by atoms with Gasteiger partial charge in [-0.1, -0.05) is 19.9 Å². The molecule has 1 amide bonds. The number of hydrogen-bond acceptors (Lipinski definition) is 2. The van der Waals surface area contributed by atoms with E-state index in [-0.39, 0.29) is 5.91 Å². The molecule has 0 bridgehead atoms. The Morgan fingerprint density at radius 2 is 2.13 bits per heavy atom. The Hall–Kier alpha value is -1.35. The number of amides is 1. The molecule has 0 heterocycles. The lowest BCUT2D eigenvalue weighted by atomic mass is 10.0. The van der Waals surface area contributed by atoms with E-state index >= 15 is 0 Å². The number of nitrogens with one attached hydrogen (secondary N) is 1. The van der Waals surface area contributed by atoms with E-state index in [0.717, 1.165) is 12.1 Å². The quantitative estimate of drug-likeness (QED) is 0.786. The normalized spacial score (nSPS) is 10.7. The molecule has 0 saturated carbocycles. The van der Waals surface area contributed by atoms with Gasteiger partial charge in [0.15, 0.2) is 0 Å². The number of hydrogen-bond donors (Lipinski definition) is 2. The summed E-state index contributed by atoms with van der Waals surface area (Å²) in [5, 5.41) is 3.34. The molecule has 0 unspecified atom stereocenters. The summed E-state index contributed by atoms with van der Waals surface area (Å²) in [5.41, 5.74) is 8.07. The van der Waals surface area contributed by atoms with Gasteiger partial charge in [-0.05, 0) is 30.2 Å². The molecule has 0 radical (unpaired) electrons. The van der Waals surface area contributed by atoms with Crippen molar-refractivity contribution in [3.05, 3.63) is 34.9 Å². The largest absolute Gasteiger partial charge is 0.366 e. The second kappa shape index (κ2) is 4.94. The molecule has 3 N–H and O–H groups in total. The number of benzene rings is 1. The fraction of sp³-hybridized carbons (Fsp3) is 0.417. The van der Waals surface area contributed by atoms with Crippen molar-refractivity contribution in [2.75, 3.05) is 0 Å². The molecule has 3 heteroatoms. The lowest BCUT2D eigenvalue weighted by Gasteiger charge is -2.11. The van der Waals surface area contributed by atoms with Crippen molar-refractivity contribution in [3.63, 3.8) is 0 Å². The maximum Gasteiger partial charge on any atom is 0.248 e. The van der Waals surface area contributed by atoms with Gasteiger partial charge in [-0.15, -0.1) is 0 Å². The second-order valence-corrected chi connectivity index (χ2v) is 4.04. The van der Waals surface area contributed by atoms with Crippen molar-refractivity contribution in [2.24, 2.45) is 5.73 Å². The van der Waals surface area contributed by atoms with Crippen LogP contribution in [0.2, 0.25) is 0 Å². The summed E-state index contributed by atoms with van der Waals surface area (Å²) in [6, 6.07) is 6.01. The smallest absolute Gasteiger partial charge is 0.248 e. The van der Waals surface area contributed by atoms with Crippen molar-refractivity contribution in [3.8, 4) is 0 Å². The number of carbonyl (C=O) groups is 1. The van der Waals surface area contributed by atoms with Crippen molar-refractivity contribution in [1.82, 2.24) is 5.32 Å².